The van der Waals surface area contributed by atoms with Gasteiger partial charge >= 0.3 is 0 Å². The third-order valence-electron chi connectivity index (χ3n) is 8.24. The van der Waals surface area contributed by atoms with Crippen LogP contribution in [0.25, 0.3) is 0 Å². The number of benzene rings is 2. The molecule has 1 nitrogen and oxygen atoms in total. The Morgan fingerprint density at radius 3 is 1.77 bits per heavy atom. The average Bonchev–Trinajstić information content (AvgIpc) is 2.80. The minimum Gasteiger partial charge on any atom is -0.295 e. The molecule has 0 spiro atoms. The highest BCUT2D eigenvalue weighted by Crippen LogP contribution is 2.41. The van der Waals surface area contributed by atoms with Gasteiger partial charge in [-0.2, -0.15) is 0 Å². The Labute approximate surface area is 189 Å². The first-order chi connectivity index (χ1) is 14.9. The van der Waals surface area contributed by atoms with Crippen LogP contribution in [0.15, 0.2) is 36.4 Å². The molecule has 2 fully saturated rings. The van der Waals surface area contributed by atoms with Gasteiger partial charge in [-0.1, -0.05) is 88.8 Å². The number of hydrogen-bond acceptors (Lipinski definition) is 1. The minimum absolute atomic E-state index is 0.0736. The summed E-state index contributed by atoms with van der Waals surface area (Å²) < 4.78 is 0. The molecule has 166 valence electrons. The Morgan fingerprint density at radius 2 is 1.23 bits per heavy atom. The zero-order valence-electron chi connectivity index (χ0n) is 20.1. The second kappa shape index (κ2) is 9.31. The van der Waals surface area contributed by atoms with E-state index < -0.39 is 0 Å². The Kier molecular flexibility index (Phi) is 6.70. The Hall–Kier alpha value is -1.89. The first-order valence-corrected chi connectivity index (χ1v) is 12.6. The summed E-state index contributed by atoms with van der Waals surface area (Å²) in [6, 6.07) is 13.9. The highest BCUT2D eigenvalue weighted by atomic mass is 16.1. The van der Waals surface area contributed by atoms with Crippen LogP contribution in [0, 0.1) is 6.92 Å². The molecule has 0 bridgehead atoms. The van der Waals surface area contributed by atoms with Crippen LogP contribution in [0.4, 0.5) is 0 Å². The molecule has 2 saturated carbocycles. The monoisotopic (exact) mass is 416 g/mol. The van der Waals surface area contributed by atoms with Crippen LogP contribution in [-0.4, -0.2) is 5.78 Å². The fraction of sp³-hybridized carbons (Fsp3) is 0.567. The van der Waals surface area contributed by atoms with Crippen molar-refractivity contribution in [1.29, 1.82) is 0 Å². The maximum absolute atomic E-state index is 12.4. The first kappa shape index (κ1) is 22.3. The number of rotatable bonds is 5. The van der Waals surface area contributed by atoms with Crippen LogP contribution in [0.1, 0.15) is 135 Å². The van der Waals surface area contributed by atoms with Gasteiger partial charge in [-0.15, -0.1) is 0 Å². The van der Waals surface area contributed by atoms with Crippen molar-refractivity contribution in [1.82, 2.24) is 0 Å². The fourth-order valence-electron chi connectivity index (χ4n) is 6.07. The minimum atomic E-state index is -0.0736. The van der Waals surface area contributed by atoms with Gasteiger partial charge in [-0.3, -0.25) is 4.79 Å². The molecule has 0 unspecified atom stereocenters. The van der Waals surface area contributed by atoms with Gasteiger partial charge in [0.15, 0.2) is 5.78 Å². The van der Waals surface area contributed by atoms with Crippen molar-refractivity contribution in [2.45, 2.75) is 109 Å². The van der Waals surface area contributed by atoms with E-state index in [2.05, 4.69) is 57.2 Å². The van der Waals surface area contributed by atoms with E-state index in [1.165, 1.54) is 86.5 Å². The molecule has 2 aliphatic carbocycles. The Balaban J connectivity index is 1.72. The van der Waals surface area contributed by atoms with E-state index >= 15 is 0 Å². The first-order valence-electron chi connectivity index (χ1n) is 12.6. The van der Waals surface area contributed by atoms with Gasteiger partial charge in [-0.05, 0) is 79.2 Å². The molecule has 0 aliphatic heterocycles. The quantitative estimate of drug-likeness (QED) is 0.446. The number of aryl methyl sites for hydroxylation is 1. The van der Waals surface area contributed by atoms with E-state index in [9.17, 15) is 4.79 Å². The fourth-order valence-corrected chi connectivity index (χ4v) is 6.07. The summed E-state index contributed by atoms with van der Waals surface area (Å²) in [4.78, 5) is 12.4. The van der Waals surface area contributed by atoms with Crippen LogP contribution >= 0.6 is 0 Å². The van der Waals surface area contributed by atoms with Crippen molar-refractivity contribution in [3.63, 3.8) is 0 Å². The van der Waals surface area contributed by atoms with Gasteiger partial charge in [-0.25, -0.2) is 0 Å². The molecule has 1 heteroatoms. The second-order valence-corrected chi connectivity index (χ2v) is 10.7. The van der Waals surface area contributed by atoms with Crippen LogP contribution in [-0.2, 0) is 5.41 Å². The SMILES string of the molecule is CC(=O)c1ccc(C(C)(C)c2ccc(C)c(C3CCCCC3)c2)cc1C1CCCCC1. The normalized spacial score (nSPS) is 18.8. The lowest BCUT2D eigenvalue weighted by molar-refractivity contribution is 0.101. The van der Waals surface area contributed by atoms with Crippen molar-refractivity contribution in [3.05, 3.63) is 69.8 Å². The number of carbonyl (C=O) groups is 1. The topological polar surface area (TPSA) is 17.1 Å². The van der Waals surface area contributed by atoms with E-state index in [0.717, 1.165) is 11.5 Å². The van der Waals surface area contributed by atoms with E-state index in [1.807, 2.05) is 0 Å². The lowest BCUT2D eigenvalue weighted by Crippen LogP contribution is -2.21. The molecule has 2 aliphatic rings. The Morgan fingerprint density at radius 1 is 0.742 bits per heavy atom. The molecule has 2 aromatic rings. The largest absolute Gasteiger partial charge is 0.295 e. The lowest BCUT2D eigenvalue weighted by atomic mass is 9.73. The van der Waals surface area contributed by atoms with Crippen molar-refractivity contribution >= 4 is 5.78 Å². The highest BCUT2D eigenvalue weighted by Gasteiger charge is 2.28. The molecule has 0 saturated heterocycles. The predicted octanol–water partition coefficient (Wildman–Crippen LogP) is 8.62. The molecular weight excluding hydrogens is 376 g/mol. The summed E-state index contributed by atoms with van der Waals surface area (Å²) in [6.07, 6.45) is 13.2. The average molecular weight is 417 g/mol. The summed E-state index contributed by atoms with van der Waals surface area (Å²) in [6.45, 7) is 8.72. The second-order valence-electron chi connectivity index (χ2n) is 10.7. The molecule has 4 rings (SSSR count). The van der Waals surface area contributed by atoms with Crippen molar-refractivity contribution in [2.75, 3.05) is 0 Å². The molecule has 0 N–H and O–H groups in total. The smallest absolute Gasteiger partial charge is 0.160 e. The maximum atomic E-state index is 12.4. The van der Waals surface area contributed by atoms with E-state index in [4.69, 9.17) is 0 Å². The molecule has 0 amide bonds. The van der Waals surface area contributed by atoms with Crippen LogP contribution in [0.2, 0.25) is 0 Å². The van der Waals surface area contributed by atoms with Gasteiger partial charge in [0.05, 0.1) is 0 Å². The summed E-state index contributed by atoms with van der Waals surface area (Å²) in [7, 11) is 0. The van der Waals surface area contributed by atoms with Gasteiger partial charge in [0.1, 0.15) is 0 Å². The van der Waals surface area contributed by atoms with Crippen molar-refractivity contribution < 1.29 is 4.79 Å². The number of Topliss-reactive ketones (excluding diaryl/α,β-unsaturated/α-hetero) is 1. The van der Waals surface area contributed by atoms with Crippen LogP contribution in [0.5, 0.6) is 0 Å². The third-order valence-corrected chi connectivity index (χ3v) is 8.24. The zero-order valence-corrected chi connectivity index (χ0v) is 20.1. The van der Waals surface area contributed by atoms with Crippen LogP contribution in [0.3, 0.4) is 0 Å². The van der Waals surface area contributed by atoms with Crippen molar-refractivity contribution in [3.8, 4) is 0 Å². The van der Waals surface area contributed by atoms with Crippen molar-refractivity contribution in [2.24, 2.45) is 0 Å². The lowest BCUT2D eigenvalue weighted by Gasteiger charge is -2.31. The zero-order chi connectivity index (χ0) is 22.0. The van der Waals surface area contributed by atoms with Gasteiger partial charge in [0.2, 0.25) is 0 Å². The van der Waals surface area contributed by atoms with Crippen LogP contribution < -0.4 is 0 Å². The summed E-state index contributed by atoms with van der Waals surface area (Å²) >= 11 is 0. The number of ketones is 1. The molecule has 0 aromatic heterocycles. The van der Waals surface area contributed by atoms with Gasteiger partial charge in [0.25, 0.3) is 0 Å². The molecule has 0 radical (unpaired) electrons. The molecule has 0 heterocycles. The van der Waals surface area contributed by atoms with E-state index in [1.54, 1.807) is 12.5 Å². The predicted molar refractivity (Wildman–Crippen MR) is 131 cm³/mol. The maximum Gasteiger partial charge on any atom is 0.160 e. The molecule has 31 heavy (non-hydrogen) atoms. The Bertz CT molecular complexity index is 923. The van der Waals surface area contributed by atoms with E-state index in [0.29, 0.717) is 5.92 Å². The summed E-state index contributed by atoms with van der Waals surface area (Å²) in [5.74, 6) is 1.47. The third kappa shape index (κ3) is 4.66. The summed E-state index contributed by atoms with van der Waals surface area (Å²) in [5.41, 5.74) is 7.94. The number of hydrogen-bond donors (Lipinski definition) is 0. The molecule has 2 aromatic carbocycles. The van der Waals surface area contributed by atoms with Gasteiger partial charge < -0.3 is 0 Å². The summed E-state index contributed by atoms with van der Waals surface area (Å²) in [5, 5.41) is 0. The molecule has 0 atom stereocenters. The van der Waals surface area contributed by atoms with E-state index in [-0.39, 0.29) is 11.2 Å². The number of carbonyl (C=O) groups excluding carboxylic acids is 1. The standard InChI is InChI=1S/C30H40O/c1-21-15-16-25(19-28(21)23-11-7-5-8-12-23)30(3,4)26-17-18-27(22(2)31)29(20-26)24-13-9-6-10-14-24/h15-20,23-24H,5-14H2,1-4H3. The molecular formula is C30H40O. The highest BCUT2D eigenvalue weighted by molar-refractivity contribution is 5.95. The van der Waals surface area contributed by atoms with Gasteiger partial charge in [0, 0.05) is 11.0 Å².